The standard InChI is InChI=1S/C27H22N2OS/c1-18-11-13-20(14-12-18)23-17-31-26-22(21-9-5-6-10-24(21)30)16-29-27(25(23)26)28-15-19-7-3-2-4-8-19/h2-14,16-17,30H,15H2,1H3,(H,28,29). The molecule has 0 bridgehead atoms. The molecule has 5 rings (SSSR count). The van der Waals surface area contributed by atoms with E-state index in [1.54, 1.807) is 17.4 Å². The zero-order valence-corrected chi connectivity index (χ0v) is 18.0. The van der Waals surface area contributed by atoms with Crippen molar-refractivity contribution in [3.05, 3.63) is 102 Å². The number of hydrogen-bond acceptors (Lipinski definition) is 4. The number of hydrogen-bond donors (Lipinski definition) is 2. The van der Waals surface area contributed by atoms with Crippen LogP contribution >= 0.6 is 11.3 Å². The lowest BCUT2D eigenvalue weighted by Crippen LogP contribution is -2.02. The van der Waals surface area contributed by atoms with E-state index in [1.807, 2.05) is 42.6 Å². The number of aromatic hydroxyl groups is 1. The molecule has 2 heterocycles. The Labute approximate surface area is 185 Å². The minimum atomic E-state index is 0.265. The van der Waals surface area contributed by atoms with Crippen molar-refractivity contribution in [3.8, 4) is 28.0 Å². The summed E-state index contributed by atoms with van der Waals surface area (Å²) in [6.07, 6.45) is 1.86. The Balaban J connectivity index is 1.67. The maximum atomic E-state index is 10.5. The number of aryl methyl sites for hydroxylation is 1. The van der Waals surface area contributed by atoms with Crippen LogP contribution in [0.2, 0.25) is 0 Å². The summed E-state index contributed by atoms with van der Waals surface area (Å²) in [7, 11) is 0. The fraction of sp³-hybridized carbons (Fsp3) is 0.0741. The number of fused-ring (bicyclic) bond motifs is 1. The van der Waals surface area contributed by atoms with Gasteiger partial charge in [0, 0.05) is 39.5 Å². The minimum Gasteiger partial charge on any atom is -0.507 e. The van der Waals surface area contributed by atoms with E-state index < -0.39 is 0 Å². The quantitative estimate of drug-likeness (QED) is 0.313. The third-order valence-corrected chi connectivity index (χ3v) is 6.47. The van der Waals surface area contributed by atoms with Gasteiger partial charge in [-0.15, -0.1) is 11.3 Å². The molecule has 0 spiro atoms. The van der Waals surface area contributed by atoms with E-state index in [0.29, 0.717) is 6.54 Å². The zero-order chi connectivity index (χ0) is 21.2. The molecular formula is C27H22N2OS. The van der Waals surface area contributed by atoms with Crippen molar-refractivity contribution in [2.24, 2.45) is 0 Å². The molecule has 0 unspecified atom stereocenters. The highest BCUT2D eigenvalue weighted by Gasteiger charge is 2.18. The molecule has 5 aromatic rings. The molecule has 2 N–H and O–H groups in total. The van der Waals surface area contributed by atoms with Gasteiger partial charge in [0.25, 0.3) is 0 Å². The number of thiophene rings is 1. The summed E-state index contributed by atoms with van der Waals surface area (Å²) in [5.41, 5.74) is 6.50. The normalized spacial score (nSPS) is 11.0. The fourth-order valence-electron chi connectivity index (χ4n) is 3.80. The molecule has 0 aliphatic carbocycles. The first-order valence-electron chi connectivity index (χ1n) is 10.2. The summed E-state index contributed by atoms with van der Waals surface area (Å²) in [6.45, 7) is 2.79. The Hall–Kier alpha value is -3.63. The molecule has 4 heteroatoms. The summed E-state index contributed by atoms with van der Waals surface area (Å²) in [5.74, 6) is 1.12. The largest absolute Gasteiger partial charge is 0.507 e. The maximum absolute atomic E-state index is 10.5. The highest BCUT2D eigenvalue weighted by Crippen LogP contribution is 2.44. The van der Waals surface area contributed by atoms with E-state index in [4.69, 9.17) is 4.98 Å². The molecule has 3 nitrogen and oxygen atoms in total. The first kappa shape index (κ1) is 19.3. The van der Waals surface area contributed by atoms with Crippen molar-refractivity contribution < 1.29 is 5.11 Å². The lowest BCUT2D eigenvalue weighted by Gasteiger charge is -2.12. The van der Waals surface area contributed by atoms with Gasteiger partial charge in [0.1, 0.15) is 11.6 Å². The lowest BCUT2D eigenvalue weighted by atomic mass is 10.00. The number of anilines is 1. The average Bonchev–Trinajstić information content (AvgIpc) is 3.25. The highest BCUT2D eigenvalue weighted by atomic mass is 32.1. The number of phenolic OH excluding ortho intramolecular Hbond substituents is 1. The van der Waals surface area contributed by atoms with Gasteiger partial charge >= 0.3 is 0 Å². The van der Waals surface area contributed by atoms with Crippen molar-refractivity contribution in [3.63, 3.8) is 0 Å². The molecule has 0 saturated heterocycles. The number of para-hydroxylation sites is 1. The molecule has 0 fully saturated rings. The summed E-state index contributed by atoms with van der Waals surface area (Å²) in [4.78, 5) is 4.80. The van der Waals surface area contributed by atoms with Crippen molar-refractivity contribution in [1.29, 1.82) is 0 Å². The molecule has 0 amide bonds. The van der Waals surface area contributed by atoms with Gasteiger partial charge in [-0.3, -0.25) is 0 Å². The van der Waals surface area contributed by atoms with Crippen LogP contribution in [0.5, 0.6) is 5.75 Å². The maximum Gasteiger partial charge on any atom is 0.135 e. The van der Waals surface area contributed by atoms with E-state index in [9.17, 15) is 5.11 Å². The SMILES string of the molecule is Cc1ccc(-c2csc3c(-c4ccccc4O)cnc(NCc4ccccc4)c23)cc1. The number of rotatable bonds is 5. The number of phenols is 1. The third-order valence-electron chi connectivity index (χ3n) is 5.45. The van der Waals surface area contributed by atoms with Crippen LogP contribution < -0.4 is 5.32 Å². The van der Waals surface area contributed by atoms with Crippen LogP contribution in [0.3, 0.4) is 0 Å². The van der Waals surface area contributed by atoms with Crippen LogP contribution in [0.4, 0.5) is 5.82 Å². The van der Waals surface area contributed by atoms with E-state index in [2.05, 4.69) is 54.0 Å². The number of nitrogens with zero attached hydrogens (tertiary/aromatic N) is 1. The van der Waals surface area contributed by atoms with E-state index in [1.165, 1.54) is 11.1 Å². The van der Waals surface area contributed by atoms with Gasteiger partial charge < -0.3 is 10.4 Å². The molecule has 0 aliphatic rings. The Morgan fingerprint density at radius 1 is 0.839 bits per heavy atom. The van der Waals surface area contributed by atoms with Crippen LogP contribution in [0.25, 0.3) is 32.3 Å². The summed E-state index contributed by atoms with van der Waals surface area (Å²) >= 11 is 1.69. The van der Waals surface area contributed by atoms with Crippen LogP contribution in [-0.4, -0.2) is 10.1 Å². The first-order valence-corrected chi connectivity index (χ1v) is 11.1. The minimum absolute atomic E-state index is 0.265. The van der Waals surface area contributed by atoms with Gasteiger partial charge in [-0.2, -0.15) is 0 Å². The van der Waals surface area contributed by atoms with E-state index in [0.717, 1.165) is 38.2 Å². The summed E-state index contributed by atoms with van der Waals surface area (Å²) < 4.78 is 1.11. The average molecular weight is 423 g/mol. The molecule has 0 atom stereocenters. The van der Waals surface area contributed by atoms with Crippen molar-refractivity contribution >= 4 is 27.2 Å². The second-order valence-electron chi connectivity index (χ2n) is 7.60. The van der Waals surface area contributed by atoms with Crippen molar-refractivity contribution in [1.82, 2.24) is 4.98 Å². The molecule has 0 radical (unpaired) electrons. The number of nitrogens with one attached hydrogen (secondary N) is 1. The molecule has 0 saturated carbocycles. The molecule has 31 heavy (non-hydrogen) atoms. The number of benzene rings is 3. The Morgan fingerprint density at radius 2 is 1.58 bits per heavy atom. The molecular weight excluding hydrogens is 400 g/mol. The summed E-state index contributed by atoms with van der Waals surface area (Å²) in [6, 6.07) is 26.3. The highest BCUT2D eigenvalue weighted by molar-refractivity contribution is 7.18. The van der Waals surface area contributed by atoms with Gasteiger partial charge in [-0.1, -0.05) is 78.4 Å². The molecule has 3 aromatic carbocycles. The smallest absolute Gasteiger partial charge is 0.135 e. The third kappa shape index (κ3) is 3.78. The van der Waals surface area contributed by atoms with Gasteiger partial charge in [0.05, 0.1) is 0 Å². The Bertz CT molecular complexity index is 1340. The van der Waals surface area contributed by atoms with Gasteiger partial charge in [-0.05, 0) is 29.5 Å². The van der Waals surface area contributed by atoms with Crippen LogP contribution in [-0.2, 0) is 6.54 Å². The Morgan fingerprint density at radius 3 is 2.35 bits per heavy atom. The lowest BCUT2D eigenvalue weighted by molar-refractivity contribution is 0.477. The van der Waals surface area contributed by atoms with Gasteiger partial charge in [0.2, 0.25) is 0 Å². The first-order chi connectivity index (χ1) is 15.2. The van der Waals surface area contributed by atoms with Crippen molar-refractivity contribution in [2.75, 3.05) is 5.32 Å². The molecule has 152 valence electrons. The molecule has 0 aliphatic heterocycles. The molecule has 2 aromatic heterocycles. The van der Waals surface area contributed by atoms with Crippen LogP contribution in [0.15, 0.2) is 90.4 Å². The second kappa shape index (κ2) is 8.25. The topological polar surface area (TPSA) is 45.2 Å². The van der Waals surface area contributed by atoms with Crippen molar-refractivity contribution in [2.45, 2.75) is 13.5 Å². The number of pyridine rings is 1. The predicted molar refractivity (Wildman–Crippen MR) is 131 cm³/mol. The fourth-order valence-corrected chi connectivity index (χ4v) is 4.90. The summed E-state index contributed by atoms with van der Waals surface area (Å²) in [5, 5.41) is 17.3. The second-order valence-corrected chi connectivity index (χ2v) is 8.48. The van der Waals surface area contributed by atoms with E-state index >= 15 is 0 Å². The number of aromatic nitrogens is 1. The van der Waals surface area contributed by atoms with Gasteiger partial charge in [-0.25, -0.2) is 4.98 Å². The Kier molecular flexibility index (Phi) is 5.14. The monoisotopic (exact) mass is 422 g/mol. The van der Waals surface area contributed by atoms with Crippen LogP contribution in [0, 0.1) is 6.92 Å². The van der Waals surface area contributed by atoms with Gasteiger partial charge in [0.15, 0.2) is 0 Å². The van der Waals surface area contributed by atoms with E-state index in [-0.39, 0.29) is 5.75 Å². The zero-order valence-electron chi connectivity index (χ0n) is 17.2. The predicted octanol–water partition coefficient (Wildman–Crippen LogP) is 7.26. The van der Waals surface area contributed by atoms with Crippen LogP contribution in [0.1, 0.15) is 11.1 Å².